The van der Waals surface area contributed by atoms with Crippen molar-refractivity contribution in [1.29, 1.82) is 0 Å². The molecule has 1 amide bonds. The Morgan fingerprint density at radius 1 is 1.36 bits per heavy atom. The second kappa shape index (κ2) is 7.25. The van der Waals surface area contributed by atoms with Crippen molar-refractivity contribution in [2.45, 2.75) is 50.8 Å². The van der Waals surface area contributed by atoms with E-state index in [2.05, 4.69) is 36.3 Å². The van der Waals surface area contributed by atoms with Gasteiger partial charge in [-0.3, -0.25) is 9.69 Å². The highest BCUT2D eigenvalue weighted by Crippen LogP contribution is 2.43. The maximum Gasteiger partial charge on any atom is 0.222 e. The largest absolute Gasteiger partial charge is 0.379 e. The fraction of sp³-hybridized carbons (Fsp3) is 0.938. The Morgan fingerprint density at radius 3 is 2.59 bits per heavy atom. The van der Waals surface area contributed by atoms with Gasteiger partial charge in [0.1, 0.15) is 0 Å². The molecule has 0 aromatic heterocycles. The molecule has 2 aliphatic rings. The first-order valence-electron chi connectivity index (χ1n) is 8.31. The van der Waals surface area contributed by atoms with Gasteiger partial charge in [-0.2, -0.15) is 0 Å². The number of methoxy groups -OCH3 is 1. The van der Waals surface area contributed by atoms with Crippen molar-refractivity contribution in [3.8, 4) is 0 Å². The summed E-state index contributed by atoms with van der Waals surface area (Å²) < 4.78 is 10.8. The summed E-state index contributed by atoms with van der Waals surface area (Å²) in [6, 6.07) is 0. The molecule has 2 heterocycles. The lowest BCUT2D eigenvalue weighted by Crippen LogP contribution is -2.45. The van der Waals surface area contributed by atoms with Crippen LogP contribution < -0.4 is 10.6 Å². The fourth-order valence-electron chi connectivity index (χ4n) is 3.20. The molecule has 0 aromatic rings. The molecule has 0 spiro atoms. The molecule has 128 valence electrons. The first kappa shape index (κ1) is 17.7. The molecule has 3 atom stereocenters. The van der Waals surface area contributed by atoms with Crippen LogP contribution >= 0.6 is 0 Å². The molecule has 0 saturated carbocycles. The van der Waals surface area contributed by atoms with E-state index >= 15 is 0 Å². The molecule has 6 heteroatoms. The van der Waals surface area contributed by atoms with Gasteiger partial charge in [0.25, 0.3) is 0 Å². The van der Waals surface area contributed by atoms with E-state index in [1.54, 1.807) is 7.11 Å². The number of nitrogens with one attached hydrogen (secondary N) is 2. The standard InChI is InChI=1S/C16H31N3O3/c1-5-15(2)16(3,18-15)10-14(20)17-11-13(21-4)12-19-6-8-22-9-7-19/h13,18H,5-12H2,1-4H3,(H,17,20)/t13?,15?,16-/m1/s1. The quantitative estimate of drug-likeness (QED) is 0.634. The molecule has 2 aliphatic heterocycles. The van der Waals surface area contributed by atoms with Gasteiger partial charge < -0.3 is 20.1 Å². The van der Waals surface area contributed by atoms with E-state index in [-0.39, 0.29) is 23.1 Å². The molecule has 22 heavy (non-hydrogen) atoms. The van der Waals surface area contributed by atoms with Crippen molar-refractivity contribution in [1.82, 2.24) is 15.5 Å². The van der Waals surface area contributed by atoms with Crippen molar-refractivity contribution in [3.05, 3.63) is 0 Å². The summed E-state index contributed by atoms with van der Waals surface area (Å²) >= 11 is 0. The van der Waals surface area contributed by atoms with Gasteiger partial charge in [0.2, 0.25) is 5.91 Å². The van der Waals surface area contributed by atoms with Gasteiger partial charge in [-0.1, -0.05) is 6.92 Å². The summed E-state index contributed by atoms with van der Waals surface area (Å²) in [6.07, 6.45) is 1.58. The second-order valence-electron chi connectivity index (χ2n) is 6.89. The predicted molar refractivity (Wildman–Crippen MR) is 85.9 cm³/mol. The lowest BCUT2D eigenvalue weighted by molar-refractivity contribution is -0.122. The van der Waals surface area contributed by atoms with E-state index in [4.69, 9.17) is 9.47 Å². The van der Waals surface area contributed by atoms with Crippen molar-refractivity contribution in [2.75, 3.05) is 46.5 Å². The first-order valence-corrected chi connectivity index (χ1v) is 8.31. The Labute approximate surface area is 133 Å². The summed E-state index contributed by atoms with van der Waals surface area (Å²) in [7, 11) is 1.70. The summed E-state index contributed by atoms with van der Waals surface area (Å²) in [5.74, 6) is 0.0937. The third kappa shape index (κ3) is 4.19. The van der Waals surface area contributed by atoms with Gasteiger partial charge >= 0.3 is 0 Å². The maximum absolute atomic E-state index is 12.2. The molecular weight excluding hydrogens is 282 g/mol. The van der Waals surface area contributed by atoms with Crippen LogP contribution in [0.15, 0.2) is 0 Å². The molecule has 2 fully saturated rings. The number of nitrogens with zero attached hydrogens (tertiary/aromatic N) is 1. The average molecular weight is 313 g/mol. The number of amides is 1. The van der Waals surface area contributed by atoms with Gasteiger partial charge in [-0.05, 0) is 20.3 Å². The normalized spacial score (nSPS) is 33.5. The van der Waals surface area contributed by atoms with Crippen LogP contribution in [-0.4, -0.2) is 74.5 Å². The van der Waals surface area contributed by atoms with E-state index in [0.717, 1.165) is 39.3 Å². The molecule has 2 saturated heterocycles. The number of hydrogen-bond donors (Lipinski definition) is 2. The lowest BCUT2D eigenvalue weighted by Gasteiger charge is -2.30. The highest BCUT2D eigenvalue weighted by atomic mass is 16.5. The van der Waals surface area contributed by atoms with Crippen LogP contribution in [0.25, 0.3) is 0 Å². The van der Waals surface area contributed by atoms with Gasteiger partial charge in [0.15, 0.2) is 0 Å². The maximum atomic E-state index is 12.2. The number of carbonyl (C=O) groups is 1. The minimum absolute atomic E-state index is 0.0274. The fourth-order valence-corrected chi connectivity index (χ4v) is 3.20. The lowest BCUT2D eigenvalue weighted by atomic mass is 9.90. The van der Waals surface area contributed by atoms with E-state index in [0.29, 0.717) is 13.0 Å². The number of rotatable bonds is 8. The minimum Gasteiger partial charge on any atom is -0.379 e. The summed E-state index contributed by atoms with van der Waals surface area (Å²) in [6.45, 7) is 11.3. The minimum atomic E-state index is -0.0708. The van der Waals surface area contributed by atoms with Crippen molar-refractivity contribution in [3.63, 3.8) is 0 Å². The molecule has 0 bridgehead atoms. The molecule has 0 aromatic carbocycles. The zero-order valence-electron chi connectivity index (χ0n) is 14.4. The molecule has 0 radical (unpaired) electrons. The number of carbonyl (C=O) groups excluding carboxylic acids is 1. The van der Waals surface area contributed by atoms with Crippen molar-refractivity contribution in [2.24, 2.45) is 0 Å². The molecule has 2 N–H and O–H groups in total. The highest BCUT2D eigenvalue weighted by Gasteiger charge is 2.59. The zero-order valence-corrected chi connectivity index (χ0v) is 14.4. The van der Waals surface area contributed by atoms with Gasteiger partial charge in [-0.15, -0.1) is 0 Å². The van der Waals surface area contributed by atoms with E-state index in [9.17, 15) is 4.79 Å². The number of ether oxygens (including phenoxy) is 2. The smallest absolute Gasteiger partial charge is 0.222 e. The SMILES string of the molecule is CCC1(C)N[C@]1(C)CC(=O)NCC(CN1CCOCC1)OC. The average Bonchev–Trinajstić information content (AvgIpc) is 3.06. The summed E-state index contributed by atoms with van der Waals surface area (Å²) in [5.41, 5.74) is 0.0252. The Hall–Kier alpha value is -0.690. The van der Waals surface area contributed by atoms with Crippen LogP contribution in [0.5, 0.6) is 0 Å². The summed E-state index contributed by atoms with van der Waals surface area (Å²) in [5, 5.41) is 6.48. The third-order valence-corrected chi connectivity index (χ3v) is 5.35. The zero-order chi connectivity index (χ0) is 16.2. The predicted octanol–water partition coefficient (Wildman–Crippen LogP) is 0.371. The van der Waals surface area contributed by atoms with Gasteiger partial charge in [-0.25, -0.2) is 0 Å². The van der Waals surface area contributed by atoms with Crippen LogP contribution in [0.4, 0.5) is 0 Å². The molecule has 6 nitrogen and oxygen atoms in total. The van der Waals surface area contributed by atoms with E-state index < -0.39 is 0 Å². The summed E-state index contributed by atoms with van der Waals surface area (Å²) in [4.78, 5) is 14.5. The molecule has 2 unspecified atom stereocenters. The van der Waals surface area contributed by atoms with Crippen LogP contribution in [-0.2, 0) is 14.3 Å². The Balaban J connectivity index is 1.70. The Morgan fingerprint density at radius 2 is 2.05 bits per heavy atom. The molecular formula is C16H31N3O3. The van der Waals surface area contributed by atoms with Crippen molar-refractivity contribution >= 4 is 5.91 Å². The molecule has 0 aliphatic carbocycles. The van der Waals surface area contributed by atoms with E-state index in [1.807, 2.05) is 0 Å². The van der Waals surface area contributed by atoms with Crippen LogP contribution in [0.3, 0.4) is 0 Å². The van der Waals surface area contributed by atoms with Crippen LogP contribution in [0.1, 0.15) is 33.6 Å². The highest BCUT2D eigenvalue weighted by molar-refractivity contribution is 5.78. The van der Waals surface area contributed by atoms with Gasteiger partial charge in [0, 0.05) is 50.8 Å². The van der Waals surface area contributed by atoms with Gasteiger partial charge in [0.05, 0.1) is 19.3 Å². The Bertz CT molecular complexity index is 387. The third-order valence-electron chi connectivity index (χ3n) is 5.35. The van der Waals surface area contributed by atoms with Crippen LogP contribution in [0.2, 0.25) is 0 Å². The molecule has 2 rings (SSSR count). The van der Waals surface area contributed by atoms with E-state index in [1.165, 1.54) is 0 Å². The van der Waals surface area contributed by atoms with Crippen LogP contribution in [0, 0.1) is 0 Å². The topological polar surface area (TPSA) is 72.7 Å². The number of hydrogen-bond acceptors (Lipinski definition) is 5. The second-order valence-corrected chi connectivity index (χ2v) is 6.89. The monoisotopic (exact) mass is 313 g/mol. The Kier molecular flexibility index (Phi) is 5.82. The van der Waals surface area contributed by atoms with Crippen molar-refractivity contribution < 1.29 is 14.3 Å². The first-order chi connectivity index (χ1) is 10.4. The number of morpholine rings is 1.